The second-order valence-corrected chi connectivity index (χ2v) is 7.06. The highest BCUT2D eigenvalue weighted by atomic mass is 19.3. The van der Waals surface area contributed by atoms with Crippen LogP contribution in [0.4, 0.5) is 14.5 Å². The number of carbonyl (C=O) groups is 1. The highest BCUT2D eigenvalue weighted by Crippen LogP contribution is 2.17. The van der Waals surface area contributed by atoms with Crippen molar-refractivity contribution in [1.82, 2.24) is 5.32 Å². The molecule has 0 aliphatic carbocycles. The molecule has 0 bridgehead atoms. The van der Waals surface area contributed by atoms with Crippen LogP contribution >= 0.6 is 0 Å². The Morgan fingerprint density at radius 1 is 1.00 bits per heavy atom. The van der Waals surface area contributed by atoms with E-state index < -0.39 is 6.43 Å². The quantitative estimate of drug-likeness (QED) is 0.409. The summed E-state index contributed by atoms with van der Waals surface area (Å²) in [5, 5.41) is 5.81. The van der Waals surface area contributed by atoms with Gasteiger partial charge in [-0.05, 0) is 61.7 Å². The molecule has 0 saturated carbocycles. The largest absolute Gasteiger partial charge is 0.355 e. The Morgan fingerprint density at radius 3 is 2.19 bits per heavy atom. The molecule has 0 atom stereocenters. The number of allylic oxidation sites excluding steroid dienone is 2. The van der Waals surface area contributed by atoms with Gasteiger partial charge >= 0.3 is 0 Å². The number of carbonyl (C=O) groups excluding carboxylic acids is 1. The van der Waals surface area contributed by atoms with Gasteiger partial charge in [-0.1, -0.05) is 30.3 Å². The molecule has 7 heteroatoms. The third-order valence-corrected chi connectivity index (χ3v) is 4.58. The number of hydrogen-bond donors (Lipinski definition) is 2. The molecule has 168 valence electrons. The third kappa shape index (κ3) is 7.58. The number of alkyl halides is 2. The maximum atomic E-state index is 12.5. The van der Waals surface area contributed by atoms with E-state index in [0.29, 0.717) is 22.7 Å². The summed E-state index contributed by atoms with van der Waals surface area (Å²) < 4.78 is 25.0. The molecule has 0 saturated heterocycles. The Hall–Kier alpha value is -3.61. The lowest BCUT2D eigenvalue weighted by molar-refractivity contribution is 0.0963. The topological polar surface area (TPSA) is 65.8 Å². The number of amidine groups is 1. The van der Waals surface area contributed by atoms with Crippen LogP contribution in [-0.4, -0.2) is 30.9 Å². The average molecular weight is 439 g/mol. The fourth-order valence-electron chi connectivity index (χ4n) is 2.76. The van der Waals surface area contributed by atoms with E-state index in [4.69, 9.17) is 0 Å². The van der Waals surface area contributed by atoms with E-state index in [9.17, 15) is 13.6 Å². The number of amides is 1. The van der Waals surface area contributed by atoms with Crippen LogP contribution in [0.5, 0.6) is 0 Å². The monoisotopic (exact) mass is 438 g/mol. The predicted octanol–water partition coefficient (Wildman–Crippen LogP) is 5.72. The average Bonchev–Trinajstić information content (AvgIpc) is 2.79. The van der Waals surface area contributed by atoms with Crippen molar-refractivity contribution in [3.8, 4) is 0 Å². The molecule has 32 heavy (non-hydrogen) atoms. The lowest BCUT2D eigenvalue weighted by Gasteiger charge is -2.10. The zero-order valence-electron chi connectivity index (χ0n) is 18.7. The van der Waals surface area contributed by atoms with Gasteiger partial charge in [0.15, 0.2) is 5.84 Å². The molecular weight excluding hydrogens is 410 g/mol. The molecule has 0 radical (unpaired) electrons. The van der Waals surface area contributed by atoms with Gasteiger partial charge in [-0.15, -0.1) is 0 Å². The van der Waals surface area contributed by atoms with Crippen molar-refractivity contribution in [2.45, 2.75) is 33.6 Å². The van der Waals surface area contributed by atoms with Crippen LogP contribution in [0, 0.1) is 0 Å². The van der Waals surface area contributed by atoms with Crippen molar-refractivity contribution >= 4 is 28.7 Å². The number of rotatable bonds is 8. The Labute approximate surface area is 187 Å². The summed E-state index contributed by atoms with van der Waals surface area (Å²) in [6, 6.07) is 14.1. The first-order chi connectivity index (χ1) is 15.3. The summed E-state index contributed by atoms with van der Waals surface area (Å²) in [5.74, 6) is 0.409. The zero-order chi connectivity index (χ0) is 23.5. The highest BCUT2D eigenvalue weighted by Gasteiger charge is 2.07. The van der Waals surface area contributed by atoms with Gasteiger partial charge in [0.1, 0.15) is 0 Å². The Morgan fingerprint density at radius 2 is 1.62 bits per heavy atom. The molecule has 2 rings (SSSR count). The first kappa shape index (κ1) is 24.7. The number of hydrogen-bond acceptors (Lipinski definition) is 3. The molecule has 5 nitrogen and oxygen atoms in total. The van der Waals surface area contributed by atoms with Gasteiger partial charge in [0.25, 0.3) is 5.91 Å². The third-order valence-electron chi connectivity index (χ3n) is 4.58. The SMILES string of the molecule is C\C=C/N=C(Nc1ccc(C(=O)NC)cc1)\C(C)=N\C=C(/C)c1ccc(CC(F)F)cc1. The minimum Gasteiger partial charge on any atom is -0.355 e. The molecule has 0 aromatic heterocycles. The minimum absolute atomic E-state index is 0.153. The molecule has 2 aromatic carbocycles. The van der Waals surface area contributed by atoms with Crippen molar-refractivity contribution in [1.29, 1.82) is 0 Å². The first-order valence-corrected chi connectivity index (χ1v) is 10.2. The summed E-state index contributed by atoms with van der Waals surface area (Å²) >= 11 is 0. The summed E-state index contributed by atoms with van der Waals surface area (Å²) in [7, 11) is 1.59. The van der Waals surface area contributed by atoms with E-state index >= 15 is 0 Å². The summed E-state index contributed by atoms with van der Waals surface area (Å²) in [4.78, 5) is 20.6. The number of anilines is 1. The molecule has 1 amide bonds. The van der Waals surface area contributed by atoms with Gasteiger partial charge in [0.05, 0.1) is 5.71 Å². The van der Waals surface area contributed by atoms with Crippen LogP contribution in [0.15, 0.2) is 77.0 Å². The summed E-state index contributed by atoms with van der Waals surface area (Å²) in [6.07, 6.45) is 2.59. The number of nitrogens with zero attached hydrogens (tertiary/aromatic N) is 2. The van der Waals surface area contributed by atoms with Crippen LogP contribution in [0.1, 0.15) is 42.3 Å². The molecule has 0 unspecified atom stereocenters. The Balaban J connectivity index is 2.19. The molecule has 2 N–H and O–H groups in total. The smallest absolute Gasteiger partial charge is 0.251 e. The second-order valence-electron chi connectivity index (χ2n) is 7.06. The van der Waals surface area contributed by atoms with E-state index in [1.165, 1.54) is 0 Å². The molecule has 0 fully saturated rings. The first-order valence-electron chi connectivity index (χ1n) is 10.2. The Kier molecular flexibility index (Phi) is 9.47. The van der Waals surface area contributed by atoms with Gasteiger partial charge in [-0.25, -0.2) is 13.8 Å². The van der Waals surface area contributed by atoms with Crippen LogP contribution < -0.4 is 10.6 Å². The number of halogens is 2. The standard InChI is InChI=1S/C25H28F2N4O/c1-5-14-29-24(31-22-12-10-21(11-13-22)25(32)28-4)18(3)30-16-17(2)20-8-6-19(7-9-20)15-23(26)27/h5-14,16,23H,15H2,1-4H3,(H,28,32)(H,29,31)/b14-5-,17-16+,30-18+. The number of nitrogens with one attached hydrogen (secondary N) is 2. The molecule has 2 aromatic rings. The van der Waals surface area contributed by atoms with Crippen molar-refractivity contribution in [2.24, 2.45) is 9.98 Å². The van der Waals surface area contributed by atoms with E-state index in [2.05, 4.69) is 20.6 Å². The lowest BCUT2D eigenvalue weighted by Crippen LogP contribution is -2.21. The van der Waals surface area contributed by atoms with Crippen molar-refractivity contribution in [2.75, 3.05) is 12.4 Å². The van der Waals surface area contributed by atoms with Gasteiger partial charge in [-0.3, -0.25) is 9.79 Å². The minimum atomic E-state index is -2.35. The highest BCUT2D eigenvalue weighted by molar-refractivity contribution is 6.45. The maximum absolute atomic E-state index is 12.5. The molecular formula is C25H28F2N4O. The van der Waals surface area contributed by atoms with Crippen molar-refractivity contribution in [3.63, 3.8) is 0 Å². The van der Waals surface area contributed by atoms with Crippen molar-refractivity contribution in [3.05, 3.63) is 83.7 Å². The summed E-state index contributed by atoms with van der Waals surface area (Å²) in [5.41, 5.74) is 4.40. The van der Waals surface area contributed by atoms with Gasteiger partial charge in [0, 0.05) is 37.1 Å². The molecule has 0 spiro atoms. The van der Waals surface area contributed by atoms with Crippen LogP contribution in [0.2, 0.25) is 0 Å². The predicted molar refractivity (Wildman–Crippen MR) is 129 cm³/mol. The van der Waals surface area contributed by atoms with E-state index in [1.54, 1.807) is 55.8 Å². The van der Waals surface area contributed by atoms with Gasteiger partial charge in [-0.2, -0.15) is 0 Å². The Bertz CT molecular complexity index is 1020. The van der Waals surface area contributed by atoms with Crippen molar-refractivity contribution < 1.29 is 13.6 Å². The summed E-state index contributed by atoms with van der Waals surface area (Å²) in [6.45, 7) is 5.61. The van der Waals surface area contributed by atoms with E-state index in [-0.39, 0.29) is 12.3 Å². The van der Waals surface area contributed by atoms with Crippen LogP contribution in [0.3, 0.4) is 0 Å². The molecule has 0 aliphatic heterocycles. The zero-order valence-corrected chi connectivity index (χ0v) is 18.7. The van der Waals surface area contributed by atoms with Crippen LogP contribution in [-0.2, 0) is 6.42 Å². The second kappa shape index (κ2) is 12.3. The maximum Gasteiger partial charge on any atom is 0.251 e. The van der Waals surface area contributed by atoms with Gasteiger partial charge in [0.2, 0.25) is 6.43 Å². The van der Waals surface area contributed by atoms with Gasteiger partial charge < -0.3 is 10.6 Å². The van der Waals surface area contributed by atoms with Crippen LogP contribution in [0.25, 0.3) is 5.57 Å². The lowest BCUT2D eigenvalue weighted by atomic mass is 10.0. The van der Waals surface area contributed by atoms with E-state index in [0.717, 1.165) is 16.8 Å². The number of aliphatic imine (C=N–C) groups is 2. The fraction of sp³-hybridized carbons (Fsp3) is 0.240. The fourth-order valence-corrected chi connectivity index (χ4v) is 2.76. The molecule has 0 heterocycles. The van der Waals surface area contributed by atoms with E-state index in [1.807, 2.05) is 39.0 Å². The number of benzene rings is 2. The normalized spacial score (nSPS) is 13.0. The molecule has 0 aliphatic rings.